The molecular formula is C64H81N11O6. The number of aryl methyl sites for hydroxylation is 2. The van der Waals surface area contributed by atoms with Crippen LogP contribution in [0.1, 0.15) is 109 Å². The first-order chi connectivity index (χ1) is 39.5. The number of hydrogen-bond donors (Lipinski definition) is 0. The molecule has 81 heavy (non-hydrogen) atoms. The van der Waals surface area contributed by atoms with Gasteiger partial charge in [-0.2, -0.15) is 0 Å². The Kier molecular flexibility index (Phi) is 13.8. The lowest BCUT2D eigenvalue weighted by Gasteiger charge is -2.49. The first-order valence-corrected chi connectivity index (χ1v) is 30.6. The minimum Gasteiger partial charge on any atom is -0.484 e. The summed E-state index contributed by atoms with van der Waals surface area (Å²) in [6, 6.07) is 9.82. The number of likely N-dealkylation sites (N-methyl/N-ethyl adjacent to an activating group) is 2. The topological polar surface area (TPSA) is 136 Å². The zero-order chi connectivity index (χ0) is 55.2. The quantitative estimate of drug-likeness (QED) is 0.148. The molecule has 3 aromatic heterocycles. The molecule has 17 heteroatoms. The summed E-state index contributed by atoms with van der Waals surface area (Å²) in [7, 11) is 4.42. The zero-order valence-corrected chi connectivity index (χ0v) is 48.2. The molecule has 0 N–H and O–H groups in total. The Balaban J connectivity index is 0.740. The summed E-state index contributed by atoms with van der Waals surface area (Å²) in [5.41, 5.74) is 15.1. The number of piperazine rings is 2. The molecule has 428 valence electrons. The Morgan fingerprint density at radius 1 is 0.642 bits per heavy atom. The van der Waals surface area contributed by atoms with E-state index in [1.807, 2.05) is 9.80 Å². The van der Waals surface area contributed by atoms with E-state index in [0.717, 1.165) is 124 Å². The van der Waals surface area contributed by atoms with Gasteiger partial charge in [0.15, 0.2) is 0 Å². The van der Waals surface area contributed by atoms with Crippen molar-refractivity contribution in [3.8, 4) is 23.3 Å². The number of fused-ring (bicyclic) bond motifs is 12. The number of anilines is 4. The van der Waals surface area contributed by atoms with Gasteiger partial charge in [-0.25, -0.2) is 15.0 Å². The predicted molar refractivity (Wildman–Crippen MR) is 314 cm³/mol. The van der Waals surface area contributed by atoms with Gasteiger partial charge in [0.2, 0.25) is 23.3 Å². The van der Waals surface area contributed by atoms with E-state index in [1.165, 1.54) is 76.2 Å². The van der Waals surface area contributed by atoms with Crippen molar-refractivity contribution in [3.05, 3.63) is 100 Å². The van der Waals surface area contributed by atoms with Crippen molar-refractivity contribution in [1.29, 1.82) is 0 Å². The van der Waals surface area contributed by atoms with Gasteiger partial charge in [0.1, 0.15) is 32.2 Å². The fourth-order valence-corrected chi connectivity index (χ4v) is 15.7. The summed E-state index contributed by atoms with van der Waals surface area (Å²) in [5, 5.41) is 0. The number of benzene rings is 1. The van der Waals surface area contributed by atoms with E-state index in [9.17, 15) is 9.59 Å². The highest BCUT2D eigenvalue weighted by Crippen LogP contribution is 2.50. The number of nitrogens with zero attached hydrogens (tertiary/aromatic N) is 11. The molecule has 4 fully saturated rings. The van der Waals surface area contributed by atoms with Crippen molar-refractivity contribution < 1.29 is 28.5 Å². The van der Waals surface area contributed by atoms with Crippen molar-refractivity contribution in [2.24, 2.45) is 0 Å². The number of likely N-dealkylation sites (tertiary alicyclic amines) is 2. The van der Waals surface area contributed by atoms with E-state index < -0.39 is 0 Å². The van der Waals surface area contributed by atoms with Crippen LogP contribution < -0.4 is 38.5 Å². The van der Waals surface area contributed by atoms with Gasteiger partial charge in [-0.3, -0.25) is 14.5 Å². The highest BCUT2D eigenvalue weighted by molar-refractivity contribution is 5.88. The van der Waals surface area contributed by atoms with Gasteiger partial charge in [-0.05, 0) is 158 Å². The van der Waals surface area contributed by atoms with Crippen molar-refractivity contribution >= 4 is 34.7 Å². The molecule has 1 aromatic carbocycles. The maximum atomic E-state index is 13.0. The molecule has 2 amide bonds. The molecule has 8 aliphatic heterocycles. The predicted octanol–water partition coefficient (Wildman–Crippen LogP) is 6.67. The summed E-state index contributed by atoms with van der Waals surface area (Å²) < 4.78 is 27.3. The van der Waals surface area contributed by atoms with Crippen LogP contribution in [0.15, 0.2) is 49.6 Å². The van der Waals surface area contributed by atoms with E-state index in [2.05, 4.69) is 94.8 Å². The third-order valence-electron chi connectivity index (χ3n) is 20.2. The standard InChI is InChI=1S/C64H81N11O6/c1-7-56(76)72-31-46-38-79-61-58(74(46)28-39(72)3)50-21-24-70(55-20-12-16-41-15-11-19-48(41)55)33-53(50)66-64(61)81-36-45-26-43(30-69(45)6)52-27-42-14-9-10-18-49(42)62(65-52)71-25-22-51-54(34-71)67-63(80-35-44-17-13-23-68(44)5)60-59(51)75-29-40(4)73(57(77)8-2)32-47(75)37-78-60/h7-8,12,16,20,27,39-40,43-47H,1-2,9-11,13-15,17-19,21-26,28-38H2,3-6H3/t39-,40-,43?,44+,45+,46-,47-/m1/s1. The molecule has 11 heterocycles. The molecule has 1 unspecified atom stereocenters. The van der Waals surface area contributed by atoms with Crippen LogP contribution in [0.3, 0.4) is 0 Å². The van der Waals surface area contributed by atoms with Gasteiger partial charge in [-0.1, -0.05) is 25.3 Å². The number of aromatic nitrogens is 3. The Bertz CT molecular complexity index is 3170. The number of rotatable bonds is 11. The number of carbonyl (C=O) groups is 2. The summed E-state index contributed by atoms with van der Waals surface area (Å²) in [6.45, 7) is 21.5. The molecule has 4 saturated heterocycles. The lowest BCUT2D eigenvalue weighted by atomic mass is 9.89. The number of amides is 2. The second-order valence-electron chi connectivity index (χ2n) is 25.1. The SMILES string of the molecule is C=CC(=O)N1C[C@@H]2COc3c(OC[C@@H]4CC(c5cc6c(c(N7CCc8c(nc(OC[C@@H]9CCCN9C)c9c8N8C[C@@H](C)N(C(=O)C=C)C[C@@H]8CO9)C7)n5)CCCC6)CN4C)nc4c(c3N2C[C@H]1C)CCN(c1cccc2c1CCC2)C4. The minimum absolute atomic E-state index is 0.0138. The lowest BCUT2D eigenvalue weighted by Crippen LogP contribution is -2.62. The average Bonchev–Trinajstić information content (AvgIpc) is 4.37. The summed E-state index contributed by atoms with van der Waals surface area (Å²) in [5.74, 6) is 3.94. The van der Waals surface area contributed by atoms with Crippen LogP contribution in [-0.2, 0) is 61.2 Å². The van der Waals surface area contributed by atoms with Crippen molar-refractivity contribution in [2.75, 3.05) is 112 Å². The molecule has 0 spiro atoms. The lowest BCUT2D eigenvalue weighted by molar-refractivity contribution is -0.130. The molecule has 7 atom stereocenters. The van der Waals surface area contributed by atoms with Gasteiger partial charge < -0.3 is 53.2 Å². The Labute approximate surface area is 477 Å². The van der Waals surface area contributed by atoms with Gasteiger partial charge in [0, 0.05) is 98.4 Å². The van der Waals surface area contributed by atoms with Crippen LogP contribution in [-0.4, -0.2) is 175 Å². The number of ether oxygens (including phenoxy) is 4. The number of hydrogen-bond acceptors (Lipinski definition) is 15. The van der Waals surface area contributed by atoms with Gasteiger partial charge in [0.25, 0.3) is 11.8 Å². The highest BCUT2D eigenvalue weighted by atomic mass is 16.5. The maximum Gasteiger partial charge on any atom is 0.259 e. The fraction of sp³-hybridized carbons (Fsp3) is 0.578. The number of carbonyl (C=O) groups excluding carboxylic acids is 2. The van der Waals surface area contributed by atoms with E-state index in [0.29, 0.717) is 83.5 Å². The molecule has 2 aliphatic carbocycles. The Hall–Kier alpha value is -6.59. The first kappa shape index (κ1) is 52.5. The third-order valence-corrected chi connectivity index (χ3v) is 20.2. The molecule has 10 aliphatic rings. The first-order valence-electron chi connectivity index (χ1n) is 30.6. The largest absolute Gasteiger partial charge is 0.484 e. The average molecular weight is 1100 g/mol. The molecular weight excluding hydrogens is 1020 g/mol. The van der Waals surface area contributed by atoms with E-state index in [4.69, 9.17) is 33.9 Å². The maximum absolute atomic E-state index is 13.0. The molecule has 17 nitrogen and oxygen atoms in total. The van der Waals surface area contributed by atoms with Gasteiger partial charge in [-0.15, -0.1) is 0 Å². The minimum atomic E-state index is -0.0332. The number of pyridine rings is 3. The highest BCUT2D eigenvalue weighted by Gasteiger charge is 2.45. The Morgan fingerprint density at radius 3 is 1.89 bits per heavy atom. The van der Waals surface area contributed by atoms with Crippen LogP contribution in [0, 0.1) is 0 Å². The van der Waals surface area contributed by atoms with Gasteiger partial charge >= 0.3 is 0 Å². The van der Waals surface area contributed by atoms with Crippen molar-refractivity contribution in [2.45, 2.75) is 146 Å². The van der Waals surface area contributed by atoms with Crippen LogP contribution in [0.25, 0.3) is 0 Å². The zero-order valence-electron chi connectivity index (χ0n) is 48.2. The molecule has 14 rings (SSSR count). The third kappa shape index (κ3) is 9.32. The fourth-order valence-electron chi connectivity index (χ4n) is 15.7. The molecule has 4 aromatic rings. The Morgan fingerprint density at radius 2 is 1.25 bits per heavy atom. The normalized spacial score (nSPS) is 26.7. The van der Waals surface area contributed by atoms with Crippen LogP contribution in [0.2, 0.25) is 0 Å². The van der Waals surface area contributed by atoms with Crippen LogP contribution in [0.5, 0.6) is 23.3 Å². The summed E-state index contributed by atoms with van der Waals surface area (Å²) >= 11 is 0. The smallest absolute Gasteiger partial charge is 0.259 e. The summed E-state index contributed by atoms with van der Waals surface area (Å²) in [4.78, 5) is 61.4. The van der Waals surface area contributed by atoms with E-state index in [-0.39, 0.29) is 47.9 Å². The van der Waals surface area contributed by atoms with Crippen molar-refractivity contribution in [1.82, 2.24) is 34.6 Å². The monoisotopic (exact) mass is 1100 g/mol. The van der Waals surface area contributed by atoms with Crippen molar-refractivity contribution in [3.63, 3.8) is 0 Å². The van der Waals surface area contributed by atoms with E-state index >= 15 is 0 Å². The molecule has 0 saturated carbocycles. The van der Waals surface area contributed by atoms with Crippen LogP contribution >= 0.6 is 0 Å². The molecule has 0 radical (unpaired) electrons. The second kappa shape index (κ2) is 21.3. The van der Waals surface area contributed by atoms with Gasteiger partial charge in [0.05, 0.1) is 47.9 Å². The molecule has 0 bridgehead atoms. The second-order valence-corrected chi connectivity index (χ2v) is 25.1. The van der Waals surface area contributed by atoms with Crippen LogP contribution in [0.4, 0.5) is 22.9 Å². The van der Waals surface area contributed by atoms with E-state index in [1.54, 1.807) is 0 Å². The summed E-state index contributed by atoms with van der Waals surface area (Å²) in [6.07, 6.45) is 15.6.